The van der Waals surface area contributed by atoms with E-state index in [1.165, 1.54) is 13.3 Å². The Kier molecular flexibility index (Phi) is 4.59. The largest absolute Gasteiger partial charge is 0.495 e. The van der Waals surface area contributed by atoms with Gasteiger partial charge in [0, 0.05) is 24.8 Å². The molecule has 0 radical (unpaired) electrons. The van der Waals surface area contributed by atoms with E-state index in [9.17, 15) is 9.59 Å². The van der Waals surface area contributed by atoms with Crippen LogP contribution in [0.3, 0.4) is 0 Å². The van der Waals surface area contributed by atoms with Gasteiger partial charge in [0.05, 0.1) is 25.5 Å². The Labute approximate surface area is 143 Å². The number of ether oxygens (including phenoxy) is 3. The zero-order chi connectivity index (χ0) is 17.2. The summed E-state index contributed by atoms with van der Waals surface area (Å²) in [6.07, 6.45) is 4.26. The standard InChI is InChI=1S/C15H16ClN3O5/c1-22-10-7-11(14(16)18-8-10)19-6-2-5-17-9-15(19)23-12(20)3-4-13(21)24-15/h3-4,7-8,17H,2,5-6,9H2,1H3. The molecule has 24 heavy (non-hydrogen) atoms. The third kappa shape index (κ3) is 3.15. The predicted octanol–water partition coefficient (Wildman–Crippen LogP) is 0.853. The number of carbonyl (C=O) groups excluding carboxylic acids is 2. The molecule has 9 heteroatoms. The quantitative estimate of drug-likeness (QED) is 0.618. The van der Waals surface area contributed by atoms with E-state index in [2.05, 4.69) is 10.3 Å². The highest BCUT2D eigenvalue weighted by Crippen LogP contribution is 2.35. The number of anilines is 1. The normalized spacial score (nSPS) is 20.2. The van der Waals surface area contributed by atoms with Crippen molar-refractivity contribution in [3.63, 3.8) is 0 Å². The first-order valence-corrected chi connectivity index (χ1v) is 7.74. The van der Waals surface area contributed by atoms with E-state index in [0.717, 1.165) is 18.6 Å². The van der Waals surface area contributed by atoms with Gasteiger partial charge in [-0.1, -0.05) is 11.6 Å². The van der Waals surface area contributed by atoms with Crippen molar-refractivity contribution in [2.45, 2.75) is 12.3 Å². The summed E-state index contributed by atoms with van der Waals surface area (Å²) in [5.41, 5.74) is 0.446. The number of nitrogens with zero attached hydrogens (tertiary/aromatic N) is 2. The molecule has 1 N–H and O–H groups in total. The Hall–Kier alpha value is -2.32. The van der Waals surface area contributed by atoms with E-state index >= 15 is 0 Å². The average molecular weight is 354 g/mol. The lowest BCUT2D eigenvalue weighted by molar-refractivity contribution is -0.217. The van der Waals surface area contributed by atoms with Gasteiger partial charge >= 0.3 is 17.8 Å². The van der Waals surface area contributed by atoms with Crippen LogP contribution in [0.4, 0.5) is 5.69 Å². The molecule has 0 unspecified atom stereocenters. The molecule has 1 saturated heterocycles. The lowest BCUT2D eigenvalue weighted by Gasteiger charge is -2.40. The maximum Gasteiger partial charge on any atom is 0.356 e. The molecule has 1 aromatic rings. The summed E-state index contributed by atoms with van der Waals surface area (Å²) in [4.78, 5) is 29.6. The fraction of sp³-hybridized carbons (Fsp3) is 0.400. The van der Waals surface area contributed by atoms with Crippen LogP contribution in [-0.2, 0) is 19.1 Å². The third-order valence-corrected chi connectivity index (χ3v) is 3.98. The van der Waals surface area contributed by atoms with Crippen LogP contribution in [0.25, 0.3) is 0 Å². The van der Waals surface area contributed by atoms with Gasteiger partial charge in [0.1, 0.15) is 5.75 Å². The number of hydrogen-bond donors (Lipinski definition) is 1. The molecular weight excluding hydrogens is 338 g/mol. The van der Waals surface area contributed by atoms with Crippen molar-refractivity contribution in [3.8, 4) is 5.75 Å². The van der Waals surface area contributed by atoms with Gasteiger partial charge in [0.25, 0.3) is 0 Å². The molecule has 128 valence electrons. The first-order valence-electron chi connectivity index (χ1n) is 7.36. The lowest BCUT2D eigenvalue weighted by atomic mass is 10.2. The smallest absolute Gasteiger partial charge is 0.356 e. The highest BCUT2D eigenvalue weighted by molar-refractivity contribution is 6.32. The molecule has 0 aromatic carbocycles. The van der Waals surface area contributed by atoms with Crippen LogP contribution < -0.4 is 15.0 Å². The second-order valence-electron chi connectivity index (χ2n) is 5.26. The average Bonchev–Trinajstić information content (AvgIpc) is 2.84. The molecule has 1 fully saturated rings. The number of aromatic nitrogens is 1. The zero-order valence-corrected chi connectivity index (χ0v) is 13.7. The summed E-state index contributed by atoms with van der Waals surface area (Å²) < 4.78 is 16.1. The molecule has 1 aromatic heterocycles. The third-order valence-electron chi connectivity index (χ3n) is 3.69. The summed E-state index contributed by atoms with van der Waals surface area (Å²) in [7, 11) is 1.50. The summed E-state index contributed by atoms with van der Waals surface area (Å²) in [5, 5.41) is 3.29. The van der Waals surface area contributed by atoms with Crippen molar-refractivity contribution in [1.29, 1.82) is 0 Å². The van der Waals surface area contributed by atoms with Gasteiger partial charge in [-0.05, 0) is 13.0 Å². The van der Waals surface area contributed by atoms with Crippen LogP contribution in [0.1, 0.15) is 6.42 Å². The zero-order valence-electron chi connectivity index (χ0n) is 13.0. The minimum Gasteiger partial charge on any atom is -0.495 e. The Morgan fingerprint density at radius 2 is 2.04 bits per heavy atom. The van der Waals surface area contributed by atoms with Crippen molar-refractivity contribution < 1.29 is 23.8 Å². The van der Waals surface area contributed by atoms with Gasteiger partial charge in [0.2, 0.25) is 0 Å². The van der Waals surface area contributed by atoms with Crippen LogP contribution in [0.2, 0.25) is 5.15 Å². The van der Waals surface area contributed by atoms with E-state index in [1.54, 1.807) is 11.0 Å². The number of pyridine rings is 1. The minimum atomic E-state index is -1.65. The molecular formula is C15H16ClN3O5. The summed E-state index contributed by atoms with van der Waals surface area (Å²) in [6.45, 7) is 1.19. The van der Waals surface area contributed by atoms with Crippen molar-refractivity contribution in [2.75, 3.05) is 31.6 Å². The molecule has 0 saturated carbocycles. The van der Waals surface area contributed by atoms with Gasteiger partial charge in [-0.2, -0.15) is 0 Å². The maximum absolute atomic E-state index is 11.9. The fourth-order valence-corrected chi connectivity index (χ4v) is 2.82. The first-order chi connectivity index (χ1) is 11.5. The van der Waals surface area contributed by atoms with Gasteiger partial charge in [0.15, 0.2) is 5.15 Å². The molecule has 0 amide bonds. The number of carbonyl (C=O) groups is 2. The number of nitrogens with one attached hydrogen (secondary N) is 1. The number of halogens is 1. The van der Waals surface area contributed by atoms with Crippen molar-refractivity contribution in [3.05, 3.63) is 29.6 Å². The first kappa shape index (κ1) is 16.5. The molecule has 3 rings (SSSR count). The number of rotatable bonds is 2. The van der Waals surface area contributed by atoms with Crippen molar-refractivity contribution in [2.24, 2.45) is 0 Å². The number of methoxy groups -OCH3 is 1. The van der Waals surface area contributed by atoms with Gasteiger partial charge < -0.3 is 19.5 Å². The summed E-state index contributed by atoms with van der Waals surface area (Å²) in [6, 6.07) is 1.66. The van der Waals surface area contributed by atoms with E-state index in [1.807, 2.05) is 0 Å². The van der Waals surface area contributed by atoms with Crippen molar-refractivity contribution >= 4 is 29.2 Å². The highest BCUT2D eigenvalue weighted by Gasteiger charge is 2.47. The molecule has 3 heterocycles. The number of esters is 2. The Bertz CT molecular complexity index is 674. The topological polar surface area (TPSA) is 90.0 Å². The van der Waals surface area contributed by atoms with Crippen LogP contribution in [0, 0.1) is 0 Å². The van der Waals surface area contributed by atoms with Gasteiger partial charge in [-0.25, -0.2) is 14.6 Å². The van der Waals surface area contributed by atoms with Crippen LogP contribution in [-0.4, -0.2) is 49.6 Å². The summed E-state index contributed by atoms with van der Waals surface area (Å²) in [5.74, 6) is -2.53. The van der Waals surface area contributed by atoms with Crippen molar-refractivity contribution in [1.82, 2.24) is 10.3 Å². The molecule has 2 aliphatic rings. The van der Waals surface area contributed by atoms with E-state index in [-0.39, 0.29) is 11.7 Å². The number of hydrogen-bond acceptors (Lipinski definition) is 8. The van der Waals surface area contributed by atoms with E-state index in [4.69, 9.17) is 25.8 Å². The summed E-state index contributed by atoms with van der Waals surface area (Å²) >= 11 is 6.23. The Balaban J connectivity index is 2.08. The molecule has 0 atom stereocenters. The van der Waals surface area contributed by atoms with Crippen LogP contribution >= 0.6 is 11.6 Å². The predicted molar refractivity (Wildman–Crippen MR) is 84.7 cm³/mol. The maximum atomic E-state index is 11.9. The highest BCUT2D eigenvalue weighted by atomic mass is 35.5. The van der Waals surface area contributed by atoms with Gasteiger partial charge in [-0.3, -0.25) is 4.90 Å². The second kappa shape index (κ2) is 6.66. The molecule has 0 aliphatic carbocycles. The van der Waals surface area contributed by atoms with E-state index in [0.29, 0.717) is 24.5 Å². The van der Waals surface area contributed by atoms with Crippen LogP contribution in [0.5, 0.6) is 5.75 Å². The van der Waals surface area contributed by atoms with Gasteiger partial charge in [-0.15, -0.1) is 0 Å². The monoisotopic (exact) mass is 353 g/mol. The Morgan fingerprint density at radius 3 is 2.71 bits per heavy atom. The molecule has 0 bridgehead atoms. The fourth-order valence-electron chi connectivity index (χ4n) is 2.62. The minimum absolute atomic E-state index is 0.0969. The molecule has 8 nitrogen and oxygen atoms in total. The molecule has 2 aliphatic heterocycles. The van der Waals surface area contributed by atoms with E-state index < -0.39 is 17.8 Å². The Morgan fingerprint density at radius 1 is 1.33 bits per heavy atom. The second-order valence-corrected chi connectivity index (χ2v) is 5.61. The van der Waals surface area contributed by atoms with Crippen LogP contribution in [0.15, 0.2) is 24.4 Å². The molecule has 1 spiro atoms. The lowest BCUT2D eigenvalue weighted by Crippen LogP contribution is -2.58. The SMILES string of the molecule is COc1cnc(Cl)c(N2CCCNCC23OC(=O)C=CC(=O)O3)c1.